The van der Waals surface area contributed by atoms with Crippen LogP contribution in [0.4, 0.5) is 0 Å². The van der Waals surface area contributed by atoms with Crippen LogP contribution in [-0.4, -0.2) is 21.4 Å². The topological polar surface area (TPSA) is 35.0 Å². The Morgan fingerprint density at radius 1 is 1.43 bits per heavy atom. The first kappa shape index (κ1) is 11.4. The van der Waals surface area contributed by atoms with Crippen LogP contribution in [0.1, 0.15) is 26.0 Å². The second-order valence-corrected chi connectivity index (χ2v) is 4.29. The van der Waals surface area contributed by atoms with Gasteiger partial charge in [-0.2, -0.15) is 0 Å². The number of nitrogens with zero attached hydrogens (tertiary/aromatic N) is 2. The highest BCUT2D eigenvalue weighted by atomic mass is 79.9. The molecule has 0 saturated carbocycles. The summed E-state index contributed by atoms with van der Waals surface area (Å²) < 4.78 is 5.27. The van der Waals surface area contributed by atoms with E-state index in [0.717, 1.165) is 18.5 Å². The van der Waals surface area contributed by atoms with Crippen molar-refractivity contribution in [2.24, 2.45) is 0 Å². The van der Waals surface area contributed by atoms with E-state index in [-0.39, 0.29) is 0 Å². The summed E-state index contributed by atoms with van der Waals surface area (Å²) in [4.78, 5) is 8.88. The fourth-order valence-corrected chi connectivity index (χ4v) is 1.41. The number of rotatable bonds is 5. The molecule has 0 aliphatic heterocycles. The lowest BCUT2D eigenvalue weighted by molar-refractivity contribution is 0.324. The Labute approximate surface area is 93.0 Å². The fraction of sp³-hybridized carbons (Fsp3) is 0.600. The van der Waals surface area contributed by atoms with Crippen molar-refractivity contribution in [2.45, 2.75) is 31.5 Å². The largest absolute Gasteiger partial charge is 0.477 e. The van der Waals surface area contributed by atoms with E-state index in [1.807, 2.05) is 6.92 Å². The van der Waals surface area contributed by atoms with Crippen molar-refractivity contribution in [3.8, 4) is 5.88 Å². The summed E-state index contributed by atoms with van der Waals surface area (Å²) in [5.74, 6) is 0.612. The van der Waals surface area contributed by atoms with Crippen molar-refractivity contribution in [2.75, 3.05) is 6.61 Å². The average Bonchev–Trinajstić information content (AvgIpc) is 2.19. The molecule has 1 aromatic heterocycles. The van der Waals surface area contributed by atoms with Crippen LogP contribution in [0.25, 0.3) is 0 Å². The predicted octanol–water partition coefficient (Wildman–Crippen LogP) is 2.59. The molecule has 1 heterocycles. The zero-order valence-corrected chi connectivity index (χ0v) is 10.1. The van der Waals surface area contributed by atoms with Crippen molar-refractivity contribution in [1.82, 2.24) is 9.97 Å². The summed E-state index contributed by atoms with van der Waals surface area (Å²) >= 11 is 3.57. The van der Waals surface area contributed by atoms with E-state index >= 15 is 0 Å². The number of alkyl halides is 1. The van der Waals surface area contributed by atoms with Crippen LogP contribution < -0.4 is 4.74 Å². The summed E-state index contributed by atoms with van der Waals surface area (Å²) in [5, 5.41) is 0. The molecule has 0 saturated heterocycles. The number of ether oxygens (including phenoxy) is 1. The number of hydrogen-bond acceptors (Lipinski definition) is 3. The monoisotopic (exact) mass is 258 g/mol. The predicted molar refractivity (Wildman–Crippen MR) is 59.9 cm³/mol. The van der Waals surface area contributed by atoms with E-state index in [1.165, 1.54) is 0 Å². The van der Waals surface area contributed by atoms with Crippen LogP contribution in [-0.2, 0) is 6.42 Å². The van der Waals surface area contributed by atoms with E-state index in [1.54, 1.807) is 12.4 Å². The SMILES string of the molecule is CCOc1cncc(CC(Br)CC)n1. The number of hydrogen-bond donors (Lipinski definition) is 0. The van der Waals surface area contributed by atoms with Gasteiger partial charge in [-0.1, -0.05) is 22.9 Å². The maximum absolute atomic E-state index is 5.27. The highest BCUT2D eigenvalue weighted by Gasteiger charge is 2.05. The van der Waals surface area contributed by atoms with Crippen LogP contribution in [0.5, 0.6) is 5.88 Å². The quantitative estimate of drug-likeness (QED) is 0.762. The van der Waals surface area contributed by atoms with Crippen molar-refractivity contribution >= 4 is 15.9 Å². The third kappa shape index (κ3) is 3.62. The van der Waals surface area contributed by atoms with Gasteiger partial charge in [0, 0.05) is 17.4 Å². The van der Waals surface area contributed by atoms with Gasteiger partial charge in [-0.3, -0.25) is 4.98 Å². The molecule has 78 valence electrons. The summed E-state index contributed by atoms with van der Waals surface area (Å²) in [5.41, 5.74) is 0.972. The second-order valence-electron chi connectivity index (χ2n) is 2.99. The highest BCUT2D eigenvalue weighted by Crippen LogP contribution is 2.12. The molecule has 0 bridgehead atoms. The van der Waals surface area contributed by atoms with Gasteiger partial charge in [0.25, 0.3) is 0 Å². The van der Waals surface area contributed by atoms with E-state index in [9.17, 15) is 0 Å². The fourth-order valence-electron chi connectivity index (χ4n) is 1.07. The zero-order valence-electron chi connectivity index (χ0n) is 8.53. The molecule has 0 amide bonds. The average molecular weight is 259 g/mol. The van der Waals surface area contributed by atoms with Gasteiger partial charge in [-0.15, -0.1) is 0 Å². The van der Waals surface area contributed by atoms with Gasteiger partial charge >= 0.3 is 0 Å². The van der Waals surface area contributed by atoms with E-state index in [2.05, 4.69) is 32.8 Å². The van der Waals surface area contributed by atoms with Gasteiger partial charge in [-0.25, -0.2) is 4.98 Å². The first-order valence-electron chi connectivity index (χ1n) is 4.84. The van der Waals surface area contributed by atoms with Gasteiger partial charge in [0.2, 0.25) is 5.88 Å². The Hall–Kier alpha value is -0.640. The summed E-state index contributed by atoms with van der Waals surface area (Å²) in [7, 11) is 0. The van der Waals surface area contributed by atoms with Crippen molar-refractivity contribution in [3.63, 3.8) is 0 Å². The van der Waals surface area contributed by atoms with E-state index in [4.69, 9.17) is 4.74 Å². The molecule has 14 heavy (non-hydrogen) atoms. The van der Waals surface area contributed by atoms with Crippen molar-refractivity contribution < 1.29 is 4.74 Å². The van der Waals surface area contributed by atoms with Gasteiger partial charge in [0.15, 0.2) is 0 Å². The maximum atomic E-state index is 5.27. The lowest BCUT2D eigenvalue weighted by Crippen LogP contribution is -2.05. The van der Waals surface area contributed by atoms with E-state index < -0.39 is 0 Å². The molecule has 1 rings (SSSR count). The normalized spacial score (nSPS) is 12.5. The Morgan fingerprint density at radius 2 is 2.21 bits per heavy atom. The molecule has 0 radical (unpaired) electrons. The minimum atomic E-state index is 0.466. The first-order chi connectivity index (χ1) is 6.76. The van der Waals surface area contributed by atoms with Crippen LogP contribution in [0.2, 0.25) is 0 Å². The molecular weight excluding hydrogens is 244 g/mol. The summed E-state index contributed by atoms with van der Waals surface area (Å²) in [6, 6.07) is 0. The Morgan fingerprint density at radius 3 is 2.86 bits per heavy atom. The van der Waals surface area contributed by atoms with Gasteiger partial charge in [0.05, 0.1) is 18.5 Å². The minimum absolute atomic E-state index is 0.466. The van der Waals surface area contributed by atoms with E-state index in [0.29, 0.717) is 17.3 Å². The lowest BCUT2D eigenvalue weighted by atomic mass is 10.2. The highest BCUT2D eigenvalue weighted by molar-refractivity contribution is 9.09. The van der Waals surface area contributed by atoms with Crippen molar-refractivity contribution in [3.05, 3.63) is 18.1 Å². The molecule has 1 unspecified atom stereocenters. The standard InChI is InChI=1S/C10H15BrN2O/c1-3-8(11)5-9-6-12-7-10(13-9)14-4-2/h6-8H,3-5H2,1-2H3. The lowest BCUT2D eigenvalue weighted by Gasteiger charge is -2.07. The molecule has 0 aliphatic rings. The molecule has 0 N–H and O–H groups in total. The van der Waals surface area contributed by atoms with Crippen LogP contribution in [0.15, 0.2) is 12.4 Å². The Balaban J connectivity index is 2.63. The third-order valence-electron chi connectivity index (χ3n) is 1.83. The first-order valence-corrected chi connectivity index (χ1v) is 5.75. The van der Waals surface area contributed by atoms with Crippen LogP contribution in [0, 0.1) is 0 Å². The van der Waals surface area contributed by atoms with Crippen LogP contribution in [0.3, 0.4) is 0 Å². The molecule has 0 aromatic carbocycles. The molecule has 1 atom stereocenters. The van der Waals surface area contributed by atoms with Gasteiger partial charge < -0.3 is 4.74 Å². The summed E-state index contributed by atoms with van der Waals surface area (Å²) in [6.45, 7) is 4.70. The molecule has 3 nitrogen and oxygen atoms in total. The second kappa shape index (κ2) is 5.96. The molecule has 0 spiro atoms. The number of halogens is 1. The summed E-state index contributed by atoms with van der Waals surface area (Å²) in [6.07, 6.45) is 5.40. The number of aromatic nitrogens is 2. The third-order valence-corrected chi connectivity index (χ3v) is 2.80. The molecule has 4 heteroatoms. The van der Waals surface area contributed by atoms with Crippen molar-refractivity contribution in [1.29, 1.82) is 0 Å². The Bertz CT molecular complexity index is 281. The minimum Gasteiger partial charge on any atom is -0.477 e. The molecule has 0 aliphatic carbocycles. The smallest absolute Gasteiger partial charge is 0.232 e. The van der Waals surface area contributed by atoms with Crippen LogP contribution >= 0.6 is 15.9 Å². The van der Waals surface area contributed by atoms with Gasteiger partial charge in [-0.05, 0) is 13.3 Å². The molecule has 1 aromatic rings. The van der Waals surface area contributed by atoms with Gasteiger partial charge in [0.1, 0.15) is 0 Å². The molecule has 0 fully saturated rings. The maximum Gasteiger partial charge on any atom is 0.232 e. The molecular formula is C10H15BrN2O. The zero-order chi connectivity index (χ0) is 10.4. The Kier molecular flexibility index (Phi) is 4.87.